The van der Waals surface area contributed by atoms with Gasteiger partial charge in [0.2, 0.25) is 0 Å². The molecule has 0 aliphatic heterocycles. The summed E-state index contributed by atoms with van der Waals surface area (Å²) in [7, 11) is 0. The first-order valence-electron chi connectivity index (χ1n) is 7.52. The van der Waals surface area contributed by atoms with Gasteiger partial charge in [-0.2, -0.15) is 0 Å². The average Bonchev–Trinajstić information content (AvgIpc) is 2.34. The fourth-order valence-electron chi connectivity index (χ4n) is 1.78. The van der Waals surface area contributed by atoms with E-state index in [9.17, 15) is 0 Å². The quantitative estimate of drug-likeness (QED) is 0.278. The summed E-state index contributed by atoms with van der Waals surface area (Å²) in [5.74, 6) is 0. The second-order valence-corrected chi connectivity index (χ2v) is 4.26. The monoisotopic (exact) mass is 226 g/mol. The van der Waals surface area contributed by atoms with Crippen molar-refractivity contribution in [2.75, 3.05) is 0 Å². The predicted molar refractivity (Wildman–Crippen MR) is 78.0 cm³/mol. The molecular formula is C16H34. The van der Waals surface area contributed by atoms with Crippen molar-refractivity contribution in [3.8, 4) is 0 Å². The Balaban J connectivity index is 0. The molecule has 0 saturated carbocycles. The van der Waals surface area contributed by atoms with Gasteiger partial charge in [-0.15, -0.1) is 6.58 Å². The van der Waals surface area contributed by atoms with Crippen molar-refractivity contribution in [2.45, 2.75) is 91.4 Å². The minimum Gasteiger partial charge on any atom is -0.103 e. The van der Waals surface area contributed by atoms with Gasteiger partial charge in [0.05, 0.1) is 0 Å². The molecule has 0 radical (unpaired) electrons. The molecule has 0 aromatic carbocycles. The topological polar surface area (TPSA) is 0 Å². The molecule has 0 saturated heterocycles. The van der Waals surface area contributed by atoms with Crippen LogP contribution in [0.15, 0.2) is 12.7 Å². The predicted octanol–water partition coefficient (Wildman–Crippen LogP) is 6.51. The Morgan fingerprint density at radius 3 is 1.44 bits per heavy atom. The molecule has 0 aromatic heterocycles. The highest BCUT2D eigenvalue weighted by molar-refractivity contribution is 4.65. The number of hydrogen-bond acceptors (Lipinski definition) is 0. The van der Waals surface area contributed by atoms with Crippen LogP contribution in [0.2, 0.25) is 0 Å². The van der Waals surface area contributed by atoms with Crippen LogP contribution in [0.4, 0.5) is 0 Å². The van der Waals surface area contributed by atoms with E-state index in [1.807, 2.05) is 19.9 Å². The van der Waals surface area contributed by atoms with Crippen LogP contribution in [-0.4, -0.2) is 0 Å². The normalized spacial score (nSPS) is 9.44. The molecule has 16 heavy (non-hydrogen) atoms. The second kappa shape index (κ2) is 20.2. The Kier molecular flexibility index (Phi) is 22.9. The van der Waals surface area contributed by atoms with Crippen LogP contribution in [0.3, 0.4) is 0 Å². The standard InChI is InChI=1S/C14H28.C2H6/c1-3-5-7-9-11-13-14-12-10-8-6-4-2;1-2/h3H,1,4-14H2,2H3;1-2H3. The van der Waals surface area contributed by atoms with Gasteiger partial charge < -0.3 is 0 Å². The van der Waals surface area contributed by atoms with Crippen molar-refractivity contribution < 1.29 is 0 Å². The second-order valence-electron chi connectivity index (χ2n) is 4.26. The maximum absolute atomic E-state index is 3.74. The van der Waals surface area contributed by atoms with E-state index in [1.54, 1.807) is 0 Å². The van der Waals surface area contributed by atoms with Crippen LogP contribution in [-0.2, 0) is 0 Å². The van der Waals surface area contributed by atoms with Crippen molar-refractivity contribution in [2.24, 2.45) is 0 Å². The van der Waals surface area contributed by atoms with E-state index in [0.717, 1.165) is 0 Å². The average molecular weight is 226 g/mol. The summed E-state index contributed by atoms with van der Waals surface area (Å²) in [5.41, 5.74) is 0. The number of unbranched alkanes of at least 4 members (excludes halogenated alkanes) is 10. The zero-order valence-corrected chi connectivity index (χ0v) is 12.1. The Hall–Kier alpha value is -0.260. The highest BCUT2D eigenvalue weighted by Crippen LogP contribution is 2.11. The minimum absolute atomic E-state index is 1.20. The van der Waals surface area contributed by atoms with Gasteiger partial charge >= 0.3 is 0 Å². The van der Waals surface area contributed by atoms with Gasteiger partial charge in [-0.1, -0.05) is 84.6 Å². The third-order valence-electron chi connectivity index (χ3n) is 2.76. The van der Waals surface area contributed by atoms with Crippen LogP contribution in [0, 0.1) is 0 Å². The molecule has 0 atom stereocenters. The maximum Gasteiger partial charge on any atom is -0.0353 e. The van der Waals surface area contributed by atoms with Crippen LogP contribution in [0.1, 0.15) is 91.4 Å². The van der Waals surface area contributed by atoms with Crippen molar-refractivity contribution in [1.29, 1.82) is 0 Å². The van der Waals surface area contributed by atoms with Crippen molar-refractivity contribution >= 4 is 0 Å². The lowest BCUT2D eigenvalue weighted by Crippen LogP contribution is -1.81. The van der Waals surface area contributed by atoms with Crippen molar-refractivity contribution in [1.82, 2.24) is 0 Å². The molecule has 0 aliphatic carbocycles. The SMILES string of the molecule is C=CCCCCCCCCCCCC.CC. The third-order valence-corrected chi connectivity index (χ3v) is 2.76. The molecule has 0 bridgehead atoms. The molecule has 0 unspecified atom stereocenters. The molecule has 0 aliphatic rings. The lowest BCUT2D eigenvalue weighted by molar-refractivity contribution is 0.558. The minimum atomic E-state index is 1.20. The lowest BCUT2D eigenvalue weighted by atomic mass is 10.1. The van der Waals surface area contributed by atoms with E-state index in [2.05, 4.69) is 13.5 Å². The van der Waals surface area contributed by atoms with E-state index >= 15 is 0 Å². The molecule has 0 amide bonds. The summed E-state index contributed by atoms with van der Waals surface area (Å²) in [5, 5.41) is 0. The number of rotatable bonds is 11. The molecule has 98 valence electrons. The highest BCUT2D eigenvalue weighted by atomic mass is 14.0. The van der Waals surface area contributed by atoms with Crippen molar-refractivity contribution in [3.05, 3.63) is 12.7 Å². The molecule has 0 fully saturated rings. The van der Waals surface area contributed by atoms with Gasteiger partial charge in [-0.3, -0.25) is 0 Å². The van der Waals surface area contributed by atoms with Gasteiger partial charge in [0, 0.05) is 0 Å². The van der Waals surface area contributed by atoms with Gasteiger partial charge in [-0.25, -0.2) is 0 Å². The van der Waals surface area contributed by atoms with Crippen LogP contribution < -0.4 is 0 Å². The van der Waals surface area contributed by atoms with Crippen molar-refractivity contribution in [3.63, 3.8) is 0 Å². The Labute approximate surface area is 105 Å². The molecule has 0 heteroatoms. The Morgan fingerprint density at radius 2 is 1.06 bits per heavy atom. The first-order chi connectivity index (χ1) is 7.91. The van der Waals surface area contributed by atoms with E-state index in [4.69, 9.17) is 0 Å². The summed E-state index contributed by atoms with van der Waals surface area (Å²) >= 11 is 0. The summed E-state index contributed by atoms with van der Waals surface area (Å²) in [4.78, 5) is 0. The molecule has 0 rings (SSSR count). The number of hydrogen-bond donors (Lipinski definition) is 0. The van der Waals surface area contributed by atoms with Crippen LogP contribution in [0.25, 0.3) is 0 Å². The smallest absolute Gasteiger partial charge is 0.0353 e. The molecule has 0 nitrogen and oxygen atoms in total. The Bertz CT molecular complexity index is 105. The van der Waals surface area contributed by atoms with E-state index in [0.29, 0.717) is 0 Å². The molecule has 0 N–H and O–H groups in total. The molecular weight excluding hydrogens is 192 g/mol. The zero-order valence-electron chi connectivity index (χ0n) is 12.1. The largest absolute Gasteiger partial charge is 0.103 e. The fraction of sp³-hybridized carbons (Fsp3) is 0.875. The van der Waals surface area contributed by atoms with E-state index in [1.165, 1.54) is 70.6 Å². The van der Waals surface area contributed by atoms with E-state index < -0.39 is 0 Å². The van der Waals surface area contributed by atoms with Gasteiger partial charge in [0.25, 0.3) is 0 Å². The molecule has 0 heterocycles. The summed E-state index contributed by atoms with van der Waals surface area (Å²) < 4.78 is 0. The van der Waals surface area contributed by atoms with Crippen LogP contribution >= 0.6 is 0 Å². The van der Waals surface area contributed by atoms with Gasteiger partial charge in [0.15, 0.2) is 0 Å². The highest BCUT2D eigenvalue weighted by Gasteiger charge is 1.91. The van der Waals surface area contributed by atoms with Gasteiger partial charge in [-0.05, 0) is 12.8 Å². The van der Waals surface area contributed by atoms with Gasteiger partial charge in [0.1, 0.15) is 0 Å². The Morgan fingerprint density at radius 1 is 0.688 bits per heavy atom. The summed E-state index contributed by atoms with van der Waals surface area (Å²) in [6.45, 7) is 10.0. The molecule has 0 aromatic rings. The first kappa shape index (κ1) is 18.1. The lowest BCUT2D eigenvalue weighted by Gasteiger charge is -2.00. The summed E-state index contributed by atoms with van der Waals surface area (Å²) in [6.07, 6.45) is 17.5. The first-order valence-corrected chi connectivity index (χ1v) is 7.52. The summed E-state index contributed by atoms with van der Waals surface area (Å²) in [6, 6.07) is 0. The van der Waals surface area contributed by atoms with Crippen LogP contribution in [0.5, 0.6) is 0 Å². The third kappa shape index (κ3) is 19.3. The van der Waals surface area contributed by atoms with E-state index in [-0.39, 0.29) is 0 Å². The number of allylic oxidation sites excluding steroid dienone is 1. The maximum atomic E-state index is 3.74. The zero-order chi connectivity index (χ0) is 12.5. The molecule has 0 spiro atoms. The fourth-order valence-corrected chi connectivity index (χ4v) is 1.78.